The molecule has 1 aromatic carbocycles. The minimum atomic E-state index is 0.231. The summed E-state index contributed by atoms with van der Waals surface area (Å²) in [6, 6.07) is 13.0. The molecule has 0 amide bonds. The third-order valence-electron chi connectivity index (χ3n) is 3.32. The maximum absolute atomic E-state index is 4.11. The lowest BCUT2D eigenvalue weighted by atomic mass is 9.87. The highest BCUT2D eigenvalue weighted by molar-refractivity contribution is 7.99. The predicted molar refractivity (Wildman–Crippen MR) is 91.8 cm³/mol. The van der Waals surface area contributed by atoms with Gasteiger partial charge in [-0.15, -0.1) is 11.8 Å². The number of pyridine rings is 1. The second-order valence-corrected chi connectivity index (χ2v) is 7.33. The Balaban J connectivity index is 1.69. The maximum Gasteiger partial charge on any atom is 0.0312 e. The molecule has 0 fully saturated rings. The van der Waals surface area contributed by atoms with E-state index in [4.69, 9.17) is 0 Å². The SMILES string of the molecule is CC(C)(C)c1ccc(SCCNCc2cccnc2)cc1. The highest BCUT2D eigenvalue weighted by atomic mass is 32.2. The molecule has 0 aliphatic rings. The van der Waals surface area contributed by atoms with Gasteiger partial charge >= 0.3 is 0 Å². The first kappa shape index (κ1) is 16.1. The van der Waals surface area contributed by atoms with E-state index in [9.17, 15) is 0 Å². The highest BCUT2D eigenvalue weighted by Gasteiger charge is 2.12. The summed E-state index contributed by atoms with van der Waals surface area (Å²) in [6.07, 6.45) is 3.71. The van der Waals surface area contributed by atoms with Crippen LogP contribution < -0.4 is 5.32 Å². The van der Waals surface area contributed by atoms with E-state index in [2.05, 4.69) is 61.4 Å². The third-order valence-corrected chi connectivity index (χ3v) is 4.33. The van der Waals surface area contributed by atoms with Gasteiger partial charge < -0.3 is 5.32 Å². The average molecular weight is 300 g/mol. The summed E-state index contributed by atoms with van der Waals surface area (Å²) in [4.78, 5) is 5.45. The van der Waals surface area contributed by atoms with Crippen LogP contribution in [-0.2, 0) is 12.0 Å². The van der Waals surface area contributed by atoms with E-state index >= 15 is 0 Å². The number of thioether (sulfide) groups is 1. The van der Waals surface area contributed by atoms with Crippen molar-refractivity contribution < 1.29 is 0 Å². The Morgan fingerprint density at radius 3 is 2.48 bits per heavy atom. The molecule has 0 saturated heterocycles. The van der Waals surface area contributed by atoms with Crippen molar-refractivity contribution in [2.24, 2.45) is 0 Å². The third kappa shape index (κ3) is 5.52. The number of hydrogen-bond donors (Lipinski definition) is 1. The van der Waals surface area contributed by atoms with E-state index in [0.717, 1.165) is 18.8 Å². The van der Waals surface area contributed by atoms with Crippen molar-refractivity contribution in [3.63, 3.8) is 0 Å². The molecule has 1 aromatic heterocycles. The molecule has 112 valence electrons. The summed E-state index contributed by atoms with van der Waals surface area (Å²) < 4.78 is 0. The van der Waals surface area contributed by atoms with E-state index in [-0.39, 0.29) is 5.41 Å². The Labute approximate surface area is 132 Å². The van der Waals surface area contributed by atoms with Crippen LogP contribution >= 0.6 is 11.8 Å². The summed E-state index contributed by atoms with van der Waals surface area (Å²) in [7, 11) is 0. The molecule has 21 heavy (non-hydrogen) atoms. The molecule has 1 N–H and O–H groups in total. The Bertz CT molecular complexity index is 529. The number of rotatable bonds is 6. The molecule has 0 bridgehead atoms. The fourth-order valence-corrected chi connectivity index (χ4v) is 2.84. The van der Waals surface area contributed by atoms with Crippen molar-refractivity contribution in [3.05, 3.63) is 59.9 Å². The second-order valence-electron chi connectivity index (χ2n) is 6.16. The van der Waals surface area contributed by atoms with Gasteiger partial charge in [-0.1, -0.05) is 39.0 Å². The van der Waals surface area contributed by atoms with Crippen LogP contribution in [0.1, 0.15) is 31.9 Å². The topological polar surface area (TPSA) is 24.9 Å². The molecule has 0 spiro atoms. The standard InChI is InChI=1S/C18H24N2S/c1-18(2,3)16-6-8-17(9-7-16)21-12-11-20-14-15-5-4-10-19-13-15/h4-10,13,20H,11-12,14H2,1-3H3. The van der Waals surface area contributed by atoms with Gasteiger partial charge in [-0.05, 0) is 34.7 Å². The number of nitrogens with zero attached hydrogens (tertiary/aromatic N) is 1. The first-order valence-corrected chi connectivity index (χ1v) is 8.37. The largest absolute Gasteiger partial charge is 0.312 e. The van der Waals surface area contributed by atoms with Crippen molar-refractivity contribution in [1.29, 1.82) is 0 Å². The fourth-order valence-electron chi connectivity index (χ4n) is 2.03. The average Bonchev–Trinajstić information content (AvgIpc) is 2.47. The minimum Gasteiger partial charge on any atom is -0.312 e. The lowest BCUT2D eigenvalue weighted by Gasteiger charge is -2.19. The summed E-state index contributed by atoms with van der Waals surface area (Å²) in [5.74, 6) is 1.08. The lowest BCUT2D eigenvalue weighted by molar-refractivity contribution is 0.590. The van der Waals surface area contributed by atoms with Crippen LogP contribution in [-0.4, -0.2) is 17.3 Å². The van der Waals surface area contributed by atoms with Gasteiger partial charge in [-0.25, -0.2) is 0 Å². The molecule has 0 atom stereocenters. The number of benzene rings is 1. The molecular weight excluding hydrogens is 276 g/mol. The van der Waals surface area contributed by atoms with E-state index in [1.165, 1.54) is 16.0 Å². The van der Waals surface area contributed by atoms with Crippen LogP contribution in [0.3, 0.4) is 0 Å². The number of aromatic nitrogens is 1. The summed E-state index contributed by atoms with van der Waals surface area (Å²) >= 11 is 1.90. The molecule has 0 radical (unpaired) electrons. The first-order valence-electron chi connectivity index (χ1n) is 7.39. The van der Waals surface area contributed by atoms with Crippen molar-refractivity contribution >= 4 is 11.8 Å². The van der Waals surface area contributed by atoms with E-state index in [0.29, 0.717) is 0 Å². The van der Waals surface area contributed by atoms with Crippen LogP contribution in [0, 0.1) is 0 Å². The van der Waals surface area contributed by atoms with Gasteiger partial charge in [-0.3, -0.25) is 4.98 Å². The zero-order valence-electron chi connectivity index (χ0n) is 13.1. The van der Waals surface area contributed by atoms with Gasteiger partial charge in [0.15, 0.2) is 0 Å². The van der Waals surface area contributed by atoms with Crippen molar-refractivity contribution in [3.8, 4) is 0 Å². The van der Waals surface area contributed by atoms with Gasteiger partial charge in [-0.2, -0.15) is 0 Å². The van der Waals surface area contributed by atoms with E-state index in [1.807, 2.05) is 24.0 Å². The van der Waals surface area contributed by atoms with Crippen LogP contribution in [0.25, 0.3) is 0 Å². The first-order chi connectivity index (χ1) is 10.1. The minimum absolute atomic E-state index is 0.231. The molecule has 3 heteroatoms. The molecule has 0 aliphatic carbocycles. The molecule has 2 nitrogen and oxygen atoms in total. The maximum atomic E-state index is 4.11. The zero-order chi connectivity index (χ0) is 15.1. The quantitative estimate of drug-likeness (QED) is 0.637. The molecule has 1 heterocycles. The monoisotopic (exact) mass is 300 g/mol. The Morgan fingerprint density at radius 2 is 1.86 bits per heavy atom. The smallest absolute Gasteiger partial charge is 0.0312 e. The fraction of sp³-hybridized carbons (Fsp3) is 0.389. The van der Waals surface area contributed by atoms with Gasteiger partial charge in [0.2, 0.25) is 0 Å². The molecule has 0 aliphatic heterocycles. The van der Waals surface area contributed by atoms with E-state index < -0.39 is 0 Å². The predicted octanol–water partition coefficient (Wildman–Crippen LogP) is 4.26. The summed E-state index contributed by atoms with van der Waals surface area (Å²) in [5, 5.41) is 3.45. The Morgan fingerprint density at radius 1 is 1.10 bits per heavy atom. The summed E-state index contributed by atoms with van der Waals surface area (Å²) in [5.41, 5.74) is 2.85. The lowest BCUT2D eigenvalue weighted by Crippen LogP contribution is -2.16. The van der Waals surface area contributed by atoms with Crippen LogP contribution in [0.5, 0.6) is 0 Å². The van der Waals surface area contributed by atoms with Crippen molar-refractivity contribution in [2.75, 3.05) is 12.3 Å². The number of hydrogen-bond acceptors (Lipinski definition) is 3. The second kappa shape index (κ2) is 7.62. The van der Waals surface area contributed by atoms with Gasteiger partial charge in [0.05, 0.1) is 0 Å². The highest BCUT2D eigenvalue weighted by Crippen LogP contribution is 2.25. The zero-order valence-corrected chi connectivity index (χ0v) is 13.9. The van der Waals surface area contributed by atoms with Crippen molar-refractivity contribution in [1.82, 2.24) is 10.3 Å². The normalized spacial score (nSPS) is 11.6. The van der Waals surface area contributed by atoms with Crippen LogP contribution in [0.4, 0.5) is 0 Å². The Kier molecular flexibility index (Phi) is 5.83. The van der Waals surface area contributed by atoms with Gasteiger partial charge in [0.1, 0.15) is 0 Å². The van der Waals surface area contributed by atoms with Crippen molar-refractivity contribution in [2.45, 2.75) is 37.6 Å². The molecule has 2 aromatic rings. The summed E-state index contributed by atoms with van der Waals surface area (Å²) in [6.45, 7) is 8.63. The molecule has 2 rings (SSSR count). The van der Waals surface area contributed by atoms with Gasteiger partial charge in [0, 0.05) is 36.1 Å². The van der Waals surface area contributed by atoms with Crippen LogP contribution in [0.2, 0.25) is 0 Å². The molecular formula is C18H24N2S. The van der Waals surface area contributed by atoms with Gasteiger partial charge in [0.25, 0.3) is 0 Å². The number of nitrogens with one attached hydrogen (secondary N) is 1. The molecule has 0 unspecified atom stereocenters. The van der Waals surface area contributed by atoms with E-state index in [1.54, 1.807) is 6.20 Å². The Hall–Kier alpha value is -1.32. The molecule has 0 saturated carbocycles. The van der Waals surface area contributed by atoms with Crippen LogP contribution in [0.15, 0.2) is 53.7 Å².